The molecule has 0 unspecified atom stereocenters. The average molecular weight is 280 g/mol. The summed E-state index contributed by atoms with van der Waals surface area (Å²) in [5.41, 5.74) is 0.860. The van der Waals surface area contributed by atoms with E-state index in [1.54, 1.807) is 22.7 Å². The third kappa shape index (κ3) is 2.45. The van der Waals surface area contributed by atoms with Gasteiger partial charge in [0.05, 0.1) is 23.2 Å². The SMILES string of the molecule is O=S1(=O)CCC(Cc2ncc3cccc(O)n23)CC1. The fraction of sp³-hybridized carbons (Fsp3) is 0.462. The van der Waals surface area contributed by atoms with Crippen molar-refractivity contribution in [3.05, 3.63) is 30.2 Å². The summed E-state index contributed by atoms with van der Waals surface area (Å²) in [6.45, 7) is 0. The van der Waals surface area contributed by atoms with E-state index in [0.29, 0.717) is 25.2 Å². The average Bonchev–Trinajstić information content (AvgIpc) is 2.77. The van der Waals surface area contributed by atoms with Crippen LogP contribution in [0.2, 0.25) is 0 Å². The Hall–Kier alpha value is -1.56. The van der Waals surface area contributed by atoms with Crippen molar-refractivity contribution in [2.45, 2.75) is 19.3 Å². The molecule has 1 aliphatic rings. The second-order valence-corrected chi connectivity index (χ2v) is 7.42. The Balaban J connectivity index is 1.83. The van der Waals surface area contributed by atoms with Gasteiger partial charge in [0.15, 0.2) is 5.88 Å². The lowest BCUT2D eigenvalue weighted by atomic mass is 9.98. The molecule has 2 aromatic heterocycles. The molecule has 5 nitrogen and oxygen atoms in total. The highest BCUT2D eigenvalue weighted by molar-refractivity contribution is 7.91. The molecule has 0 atom stereocenters. The minimum atomic E-state index is -2.82. The second kappa shape index (κ2) is 4.52. The van der Waals surface area contributed by atoms with E-state index in [9.17, 15) is 13.5 Å². The van der Waals surface area contributed by atoms with Crippen LogP contribution in [-0.2, 0) is 16.3 Å². The van der Waals surface area contributed by atoms with Crippen molar-refractivity contribution < 1.29 is 13.5 Å². The molecule has 102 valence electrons. The fourth-order valence-electron chi connectivity index (χ4n) is 2.64. The first-order valence-electron chi connectivity index (χ1n) is 6.40. The summed E-state index contributed by atoms with van der Waals surface area (Å²) in [6.07, 6.45) is 3.81. The molecule has 6 heteroatoms. The number of nitrogens with zero attached hydrogens (tertiary/aromatic N) is 2. The smallest absolute Gasteiger partial charge is 0.197 e. The summed E-state index contributed by atoms with van der Waals surface area (Å²) in [6, 6.07) is 5.30. The van der Waals surface area contributed by atoms with Crippen LogP contribution in [0.1, 0.15) is 18.7 Å². The van der Waals surface area contributed by atoms with Gasteiger partial charge in [-0.1, -0.05) is 6.07 Å². The zero-order chi connectivity index (χ0) is 13.5. The lowest BCUT2D eigenvalue weighted by molar-refractivity contribution is 0.426. The third-order valence-electron chi connectivity index (χ3n) is 3.75. The van der Waals surface area contributed by atoms with E-state index in [-0.39, 0.29) is 17.4 Å². The van der Waals surface area contributed by atoms with Gasteiger partial charge in [-0.3, -0.25) is 4.40 Å². The molecule has 0 amide bonds. The maximum atomic E-state index is 11.4. The van der Waals surface area contributed by atoms with Gasteiger partial charge in [-0.25, -0.2) is 13.4 Å². The van der Waals surface area contributed by atoms with Gasteiger partial charge >= 0.3 is 0 Å². The van der Waals surface area contributed by atoms with Gasteiger partial charge < -0.3 is 5.11 Å². The number of rotatable bonds is 2. The molecule has 0 aliphatic carbocycles. The number of hydrogen-bond donors (Lipinski definition) is 1. The zero-order valence-electron chi connectivity index (χ0n) is 10.5. The predicted molar refractivity (Wildman–Crippen MR) is 71.9 cm³/mol. The van der Waals surface area contributed by atoms with Crippen LogP contribution >= 0.6 is 0 Å². The molecule has 3 heterocycles. The highest BCUT2D eigenvalue weighted by Crippen LogP contribution is 2.24. The molecule has 0 aromatic carbocycles. The van der Waals surface area contributed by atoms with Gasteiger partial charge in [0.1, 0.15) is 15.7 Å². The third-order valence-corrected chi connectivity index (χ3v) is 5.46. The van der Waals surface area contributed by atoms with Gasteiger partial charge in [0, 0.05) is 6.42 Å². The van der Waals surface area contributed by atoms with E-state index in [0.717, 1.165) is 11.3 Å². The van der Waals surface area contributed by atoms with Crippen LogP contribution in [0.3, 0.4) is 0 Å². The van der Waals surface area contributed by atoms with Crippen molar-refractivity contribution in [2.24, 2.45) is 5.92 Å². The van der Waals surface area contributed by atoms with Gasteiger partial charge in [-0.2, -0.15) is 0 Å². The Morgan fingerprint density at radius 2 is 2.05 bits per heavy atom. The summed E-state index contributed by atoms with van der Waals surface area (Å²) < 4.78 is 24.5. The molecule has 1 fully saturated rings. The van der Waals surface area contributed by atoms with Crippen molar-refractivity contribution in [3.8, 4) is 5.88 Å². The van der Waals surface area contributed by atoms with Crippen molar-refractivity contribution >= 4 is 15.4 Å². The van der Waals surface area contributed by atoms with Crippen LogP contribution in [0.5, 0.6) is 5.88 Å². The van der Waals surface area contributed by atoms with Crippen LogP contribution in [0.4, 0.5) is 0 Å². The summed E-state index contributed by atoms with van der Waals surface area (Å²) in [5.74, 6) is 1.85. The number of hydrogen-bond acceptors (Lipinski definition) is 4. The molecule has 0 bridgehead atoms. The van der Waals surface area contributed by atoms with Crippen LogP contribution in [0.25, 0.3) is 5.52 Å². The number of pyridine rings is 1. The number of aromatic hydroxyl groups is 1. The lowest BCUT2D eigenvalue weighted by Crippen LogP contribution is -2.25. The van der Waals surface area contributed by atoms with E-state index in [2.05, 4.69) is 4.98 Å². The second-order valence-electron chi connectivity index (χ2n) is 5.12. The maximum absolute atomic E-state index is 11.4. The zero-order valence-corrected chi connectivity index (χ0v) is 11.3. The molecule has 19 heavy (non-hydrogen) atoms. The Bertz CT molecular complexity index is 692. The topological polar surface area (TPSA) is 71.7 Å². The molecule has 0 saturated carbocycles. The Morgan fingerprint density at radius 3 is 2.79 bits per heavy atom. The molecule has 0 radical (unpaired) electrons. The molecule has 1 N–H and O–H groups in total. The van der Waals surface area contributed by atoms with Crippen LogP contribution in [0, 0.1) is 5.92 Å². The predicted octanol–water partition coefficient (Wildman–Crippen LogP) is 1.41. The summed E-state index contributed by atoms with van der Waals surface area (Å²) in [5, 5.41) is 9.88. The maximum Gasteiger partial charge on any atom is 0.197 e. The molecular formula is C13H16N2O3S. The van der Waals surface area contributed by atoms with Crippen LogP contribution in [0.15, 0.2) is 24.4 Å². The molecule has 2 aromatic rings. The molecule has 1 aliphatic heterocycles. The monoisotopic (exact) mass is 280 g/mol. The van der Waals surface area contributed by atoms with E-state index in [4.69, 9.17) is 0 Å². The molecule has 1 saturated heterocycles. The highest BCUT2D eigenvalue weighted by atomic mass is 32.2. The van der Waals surface area contributed by atoms with E-state index in [1.165, 1.54) is 0 Å². The molecule has 0 spiro atoms. The van der Waals surface area contributed by atoms with Crippen LogP contribution in [-0.4, -0.2) is 34.4 Å². The first kappa shape index (κ1) is 12.5. The molecule has 3 rings (SSSR count). The normalized spacial score (nSPS) is 19.8. The number of fused-ring (bicyclic) bond motifs is 1. The number of imidazole rings is 1. The van der Waals surface area contributed by atoms with E-state index >= 15 is 0 Å². The van der Waals surface area contributed by atoms with Crippen molar-refractivity contribution in [3.63, 3.8) is 0 Å². The minimum absolute atomic E-state index is 0.174. The fourth-order valence-corrected chi connectivity index (χ4v) is 4.23. The van der Waals surface area contributed by atoms with Crippen LogP contribution < -0.4 is 0 Å². The Kier molecular flexibility index (Phi) is 2.97. The standard InChI is InChI=1S/C13H16N2O3S/c16-13-3-1-2-11-9-14-12(15(11)13)8-10-4-6-19(17,18)7-5-10/h1-3,9-10,16H,4-8H2. The summed E-state index contributed by atoms with van der Waals surface area (Å²) in [7, 11) is -2.82. The van der Waals surface area contributed by atoms with Crippen molar-refractivity contribution in [2.75, 3.05) is 11.5 Å². The summed E-state index contributed by atoms with van der Waals surface area (Å²) in [4.78, 5) is 4.34. The van der Waals surface area contributed by atoms with Crippen molar-refractivity contribution in [1.29, 1.82) is 0 Å². The lowest BCUT2D eigenvalue weighted by Gasteiger charge is -2.21. The first-order valence-corrected chi connectivity index (χ1v) is 8.22. The van der Waals surface area contributed by atoms with E-state index in [1.807, 2.05) is 6.07 Å². The van der Waals surface area contributed by atoms with Gasteiger partial charge in [-0.05, 0) is 30.9 Å². The summed E-state index contributed by atoms with van der Waals surface area (Å²) >= 11 is 0. The quantitative estimate of drug-likeness (QED) is 0.902. The van der Waals surface area contributed by atoms with Crippen molar-refractivity contribution in [1.82, 2.24) is 9.38 Å². The minimum Gasteiger partial charge on any atom is -0.494 e. The number of aromatic nitrogens is 2. The van der Waals surface area contributed by atoms with Gasteiger partial charge in [0.2, 0.25) is 0 Å². The van der Waals surface area contributed by atoms with Gasteiger partial charge in [0.25, 0.3) is 0 Å². The Morgan fingerprint density at radius 1 is 1.32 bits per heavy atom. The first-order chi connectivity index (χ1) is 9.05. The van der Waals surface area contributed by atoms with E-state index < -0.39 is 9.84 Å². The largest absolute Gasteiger partial charge is 0.494 e. The number of sulfone groups is 1. The van der Waals surface area contributed by atoms with Gasteiger partial charge in [-0.15, -0.1) is 0 Å². The molecular weight excluding hydrogens is 264 g/mol. The highest BCUT2D eigenvalue weighted by Gasteiger charge is 2.25. The Labute approximate surface area is 111 Å².